The molecule has 0 aromatic heterocycles. The normalized spacial score (nSPS) is 14.2. The second kappa shape index (κ2) is 5.61. The molecule has 0 saturated carbocycles. The van der Waals surface area contributed by atoms with Crippen LogP contribution < -0.4 is 9.47 Å². The Labute approximate surface area is 112 Å². The van der Waals surface area contributed by atoms with Crippen molar-refractivity contribution in [3.63, 3.8) is 0 Å². The molecule has 104 valence electrons. The number of benzene rings is 1. The number of fused-ring (bicyclic) bond motifs is 1. The Balaban J connectivity index is 2.23. The lowest BCUT2D eigenvalue weighted by Gasteiger charge is -2.18. The number of ketones is 1. The predicted molar refractivity (Wildman–Crippen MR) is 69.4 cm³/mol. The van der Waals surface area contributed by atoms with Crippen LogP contribution in [0.15, 0.2) is 23.1 Å². The molecule has 1 aromatic rings. The van der Waals surface area contributed by atoms with Crippen LogP contribution in [0.3, 0.4) is 0 Å². The van der Waals surface area contributed by atoms with Gasteiger partial charge < -0.3 is 9.47 Å². The lowest BCUT2D eigenvalue weighted by molar-refractivity contribution is -0.116. The Bertz CT molecular complexity index is 577. The van der Waals surface area contributed by atoms with Gasteiger partial charge in [0, 0.05) is 12.5 Å². The Morgan fingerprint density at radius 1 is 1.21 bits per heavy atom. The topological polar surface area (TPSA) is 69.7 Å². The molecule has 0 aliphatic carbocycles. The number of sulfone groups is 1. The van der Waals surface area contributed by atoms with Gasteiger partial charge in [-0.1, -0.05) is 6.92 Å². The summed E-state index contributed by atoms with van der Waals surface area (Å²) in [5, 5.41) is 0. The molecule has 0 atom stereocenters. The van der Waals surface area contributed by atoms with E-state index >= 15 is 0 Å². The third-order valence-corrected chi connectivity index (χ3v) is 4.43. The van der Waals surface area contributed by atoms with Crippen molar-refractivity contribution in [3.05, 3.63) is 18.2 Å². The van der Waals surface area contributed by atoms with Gasteiger partial charge in [0.05, 0.1) is 4.90 Å². The van der Waals surface area contributed by atoms with E-state index in [1.807, 2.05) is 6.92 Å². The Morgan fingerprint density at radius 3 is 2.58 bits per heavy atom. The van der Waals surface area contributed by atoms with Gasteiger partial charge in [-0.3, -0.25) is 4.79 Å². The van der Waals surface area contributed by atoms with Gasteiger partial charge in [0.1, 0.15) is 24.7 Å². The van der Waals surface area contributed by atoms with Crippen molar-refractivity contribution in [1.82, 2.24) is 0 Å². The number of ether oxygens (including phenoxy) is 2. The van der Waals surface area contributed by atoms with Gasteiger partial charge in [0.2, 0.25) is 0 Å². The highest BCUT2D eigenvalue weighted by Crippen LogP contribution is 2.32. The molecule has 2 rings (SSSR count). The average molecular weight is 284 g/mol. The van der Waals surface area contributed by atoms with Gasteiger partial charge in [-0.15, -0.1) is 0 Å². The largest absolute Gasteiger partial charge is 0.486 e. The summed E-state index contributed by atoms with van der Waals surface area (Å²) < 4.78 is 34.8. The molecule has 0 fully saturated rings. The zero-order chi connectivity index (χ0) is 13.9. The summed E-state index contributed by atoms with van der Waals surface area (Å²) in [5.41, 5.74) is 0. The van der Waals surface area contributed by atoms with Crippen molar-refractivity contribution in [2.75, 3.05) is 19.0 Å². The second-order valence-corrected chi connectivity index (χ2v) is 6.34. The predicted octanol–water partition coefficient (Wildman–Crippen LogP) is 1.60. The highest BCUT2D eigenvalue weighted by molar-refractivity contribution is 7.92. The molecule has 1 aliphatic heterocycles. The van der Waals surface area contributed by atoms with Gasteiger partial charge in [-0.25, -0.2) is 8.42 Å². The summed E-state index contributed by atoms with van der Waals surface area (Å²) in [4.78, 5) is 11.6. The fourth-order valence-electron chi connectivity index (χ4n) is 1.86. The van der Waals surface area contributed by atoms with Crippen LogP contribution in [0, 0.1) is 0 Å². The number of hydrogen-bond donors (Lipinski definition) is 0. The van der Waals surface area contributed by atoms with E-state index in [4.69, 9.17) is 9.47 Å². The van der Waals surface area contributed by atoms with Crippen molar-refractivity contribution < 1.29 is 22.7 Å². The molecule has 0 unspecified atom stereocenters. The summed E-state index contributed by atoms with van der Waals surface area (Å²) >= 11 is 0. The smallest absolute Gasteiger partial charge is 0.185 e. The van der Waals surface area contributed by atoms with E-state index < -0.39 is 15.6 Å². The fourth-order valence-corrected chi connectivity index (χ4v) is 3.16. The van der Waals surface area contributed by atoms with Crippen LogP contribution in [-0.4, -0.2) is 33.2 Å². The zero-order valence-corrected chi connectivity index (χ0v) is 11.5. The third kappa shape index (κ3) is 3.26. The van der Waals surface area contributed by atoms with E-state index in [1.54, 1.807) is 6.07 Å². The Hall–Kier alpha value is -1.56. The van der Waals surface area contributed by atoms with E-state index in [2.05, 4.69) is 0 Å². The van der Waals surface area contributed by atoms with Gasteiger partial charge >= 0.3 is 0 Å². The van der Waals surface area contributed by atoms with Crippen molar-refractivity contribution >= 4 is 15.6 Å². The minimum Gasteiger partial charge on any atom is -0.486 e. The van der Waals surface area contributed by atoms with Crippen LogP contribution >= 0.6 is 0 Å². The molecular formula is C13H16O5S. The SMILES string of the molecule is CCCC(=O)CS(=O)(=O)c1ccc2c(c1)OCCO2. The highest BCUT2D eigenvalue weighted by Gasteiger charge is 2.21. The fraction of sp³-hybridized carbons (Fsp3) is 0.462. The third-order valence-electron chi connectivity index (χ3n) is 2.75. The zero-order valence-electron chi connectivity index (χ0n) is 10.7. The molecule has 0 spiro atoms. The molecule has 1 aliphatic rings. The van der Waals surface area contributed by atoms with Gasteiger partial charge in [-0.2, -0.15) is 0 Å². The van der Waals surface area contributed by atoms with Crippen LogP contribution in [0.1, 0.15) is 19.8 Å². The van der Waals surface area contributed by atoms with Crippen LogP contribution in [0.2, 0.25) is 0 Å². The van der Waals surface area contributed by atoms with Crippen LogP contribution in [0.25, 0.3) is 0 Å². The summed E-state index contributed by atoms with van der Waals surface area (Å²) in [6.07, 6.45) is 0.930. The highest BCUT2D eigenvalue weighted by atomic mass is 32.2. The molecule has 0 radical (unpaired) electrons. The molecule has 1 aromatic carbocycles. The van der Waals surface area contributed by atoms with Crippen molar-refractivity contribution in [3.8, 4) is 11.5 Å². The second-order valence-electron chi connectivity index (χ2n) is 4.35. The molecule has 19 heavy (non-hydrogen) atoms. The first-order chi connectivity index (χ1) is 9.03. The number of hydrogen-bond acceptors (Lipinski definition) is 5. The van der Waals surface area contributed by atoms with Crippen molar-refractivity contribution in [1.29, 1.82) is 0 Å². The Morgan fingerprint density at radius 2 is 1.89 bits per heavy atom. The maximum atomic E-state index is 12.1. The van der Waals surface area contributed by atoms with Crippen molar-refractivity contribution in [2.45, 2.75) is 24.7 Å². The summed E-state index contributed by atoms with van der Waals surface area (Å²) in [7, 11) is -3.60. The quantitative estimate of drug-likeness (QED) is 0.821. The minimum absolute atomic E-state index is 0.0983. The molecule has 0 bridgehead atoms. The van der Waals surface area contributed by atoms with Gasteiger partial charge in [0.25, 0.3) is 0 Å². The van der Waals surface area contributed by atoms with Crippen LogP contribution in [0.5, 0.6) is 11.5 Å². The monoisotopic (exact) mass is 284 g/mol. The van der Waals surface area contributed by atoms with Crippen LogP contribution in [-0.2, 0) is 14.6 Å². The summed E-state index contributed by atoms with van der Waals surface area (Å²) in [6, 6.07) is 4.43. The molecule has 0 N–H and O–H groups in total. The molecule has 0 saturated heterocycles. The van der Waals surface area contributed by atoms with Crippen molar-refractivity contribution in [2.24, 2.45) is 0 Å². The molecule has 1 heterocycles. The lowest BCUT2D eigenvalue weighted by atomic mass is 10.3. The van der Waals surface area contributed by atoms with Crippen LogP contribution in [0.4, 0.5) is 0 Å². The van der Waals surface area contributed by atoms with E-state index in [0.717, 1.165) is 0 Å². The standard InChI is InChI=1S/C13H16O5S/c1-2-3-10(14)9-19(15,16)11-4-5-12-13(8-11)18-7-6-17-12/h4-5,8H,2-3,6-7,9H2,1H3. The first-order valence-electron chi connectivity index (χ1n) is 6.17. The molecule has 5 nitrogen and oxygen atoms in total. The maximum absolute atomic E-state index is 12.1. The first kappa shape index (κ1) is 13.9. The first-order valence-corrected chi connectivity index (χ1v) is 7.82. The average Bonchev–Trinajstić information content (AvgIpc) is 2.37. The van der Waals surface area contributed by atoms with Gasteiger partial charge in [0.15, 0.2) is 21.3 Å². The lowest BCUT2D eigenvalue weighted by Crippen LogP contribution is -2.18. The minimum atomic E-state index is -3.60. The number of rotatable bonds is 5. The Kier molecular flexibility index (Phi) is 4.09. The van der Waals surface area contributed by atoms with E-state index in [0.29, 0.717) is 31.1 Å². The summed E-state index contributed by atoms with van der Waals surface area (Å²) in [6.45, 7) is 2.69. The van der Waals surface area contributed by atoms with Gasteiger partial charge in [-0.05, 0) is 18.6 Å². The van der Waals surface area contributed by atoms with E-state index in [-0.39, 0.29) is 17.1 Å². The van der Waals surface area contributed by atoms with E-state index in [1.165, 1.54) is 12.1 Å². The van der Waals surface area contributed by atoms with E-state index in [9.17, 15) is 13.2 Å². The molecule has 0 amide bonds. The number of carbonyl (C=O) groups excluding carboxylic acids is 1. The number of Topliss-reactive ketones (excluding diaryl/α,β-unsaturated/α-hetero) is 1. The molecule has 6 heteroatoms. The summed E-state index contributed by atoms with van der Waals surface area (Å²) in [5.74, 6) is 0.221. The maximum Gasteiger partial charge on any atom is 0.185 e. The molecular weight excluding hydrogens is 268 g/mol. The number of carbonyl (C=O) groups is 1.